The average molecular weight is 403 g/mol. The van der Waals surface area contributed by atoms with Gasteiger partial charge in [0.1, 0.15) is 5.92 Å². The fraction of sp³-hybridized carbons (Fsp3) is 0.471. The summed E-state index contributed by atoms with van der Waals surface area (Å²) in [5, 5.41) is 0.320. The third kappa shape index (κ3) is 2.94. The highest BCUT2D eigenvalue weighted by Crippen LogP contribution is 2.47. The van der Waals surface area contributed by atoms with E-state index in [-0.39, 0.29) is 29.3 Å². The van der Waals surface area contributed by atoms with E-state index in [1.807, 2.05) is 0 Å². The minimum Gasteiger partial charge on any atom is -0.298 e. The Balaban J connectivity index is 2.20. The van der Waals surface area contributed by atoms with Crippen LogP contribution < -0.4 is 0 Å². The summed E-state index contributed by atoms with van der Waals surface area (Å²) in [6.07, 6.45) is 1.80. The first-order valence-electron chi connectivity index (χ1n) is 7.85. The van der Waals surface area contributed by atoms with Gasteiger partial charge in [-0.05, 0) is 37.0 Å². The minimum absolute atomic E-state index is 0.0262. The smallest absolute Gasteiger partial charge is 0.176 e. The number of benzene rings is 1. The Bertz CT molecular complexity index is 888. The van der Waals surface area contributed by atoms with Gasteiger partial charge in [-0.2, -0.15) is 0 Å². The van der Waals surface area contributed by atoms with Gasteiger partial charge in [0.2, 0.25) is 0 Å². The lowest BCUT2D eigenvalue weighted by Crippen LogP contribution is -2.54. The van der Waals surface area contributed by atoms with Gasteiger partial charge in [-0.3, -0.25) is 14.4 Å². The molecule has 0 bridgehead atoms. The second-order valence-electron chi connectivity index (χ2n) is 6.66. The van der Waals surface area contributed by atoms with Gasteiger partial charge < -0.3 is 0 Å². The van der Waals surface area contributed by atoms with Crippen LogP contribution in [0.1, 0.15) is 31.2 Å². The number of carbonyl (C=O) groups excluding carboxylic acids is 3. The topological polar surface area (TPSA) is 85.3 Å². The third-order valence-electron chi connectivity index (χ3n) is 4.97. The van der Waals surface area contributed by atoms with Gasteiger partial charge in [0.15, 0.2) is 31.9 Å². The standard InChI is InChI=1S/C17H16Cl2O5S/c1-25(23,24)17(11-5-4-10(18)8-12(11)19)7-6-13(20)14(16(17)22)15(21)9-2-3-9/h4-5,8-9,14H,2-3,6-7H2,1H3. The highest BCUT2D eigenvalue weighted by atomic mass is 35.5. The van der Waals surface area contributed by atoms with Crippen molar-refractivity contribution in [3.63, 3.8) is 0 Å². The number of sulfone groups is 1. The molecule has 0 aliphatic heterocycles. The van der Waals surface area contributed by atoms with Crippen molar-refractivity contribution in [1.82, 2.24) is 0 Å². The summed E-state index contributed by atoms with van der Waals surface area (Å²) in [5.41, 5.74) is 0.0761. The van der Waals surface area contributed by atoms with E-state index >= 15 is 0 Å². The van der Waals surface area contributed by atoms with Gasteiger partial charge in [0.25, 0.3) is 0 Å². The van der Waals surface area contributed by atoms with Crippen molar-refractivity contribution in [2.24, 2.45) is 11.8 Å². The lowest BCUT2D eigenvalue weighted by molar-refractivity contribution is -0.144. The molecule has 134 valence electrons. The molecule has 2 unspecified atom stereocenters. The Morgan fingerprint density at radius 1 is 1.20 bits per heavy atom. The van der Waals surface area contributed by atoms with Crippen molar-refractivity contribution >= 4 is 50.4 Å². The quantitative estimate of drug-likeness (QED) is 0.722. The van der Waals surface area contributed by atoms with E-state index in [4.69, 9.17) is 23.2 Å². The molecular weight excluding hydrogens is 387 g/mol. The second kappa shape index (κ2) is 6.18. The summed E-state index contributed by atoms with van der Waals surface area (Å²) in [7, 11) is -4.00. The molecule has 2 saturated carbocycles. The zero-order valence-electron chi connectivity index (χ0n) is 13.4. The number of halogens is 2. The van der Waals surface area contributed by atoms with E-state index < -0.39 is 37.9 Å². The summed E-state index contributed by atoms with van der Waals surface area (Å²) in [6, 6.07) is 4.18. The highest BCUT2D eigenvalue weighted by molar-refractivity contribution is 7.92. The molecular formula is C17H16Cl2O5S. The molecule has 0 saturated heterocycles. The van der Waals surface area contributed by atoms with Crippen LogP contribution in [0.2, 0.25) is 10.0 Å². The van der Waals surface area contributed by atoms with Crippen LogP contribution in [-0.2, 0) is 29.0 Å². The first-order valence-corrected chi connectivity index (χ1v) is 10.5. The maximum Gasteiger partial charge on any atom is 0.176 e. The Labute approximate surface area is 155 Å². The molecule has 0 N–H and O–H groups in total. The van der Waals surface area contributed by atoms with Crippen molar-refractivity contribution in [2.75, 3.05) is 6.26 Å². The molecule has 0 heterocycles. The zero-order chi connectivity index (χ0) is 18.6. The Kier molecular flexibility index (Phi) is 4.58. The van der Waals surface area contributed by atoms with Crippen LogP contribution in [-0.4, -0.2) is 32.0 Å². The molecule has 1 aromatic rings. The molecule has 2 atom stereocenters. The molecule has 2 fully saturated rings. The van der Waals surface area contributed by atoms with Gasteiger partial charge in [0.05, 0.1) is 0 Å². The van der Waals surface area contributed by atoms with E-state index in [0.29, 0.717) is 17.9 Å². The maximum atomic E-state index is 13.2. The van der Waals surface area contributed by atoms with E-state index in [2.05, 4.69) is 0 Å². The normalized spacial score (nSPS) is 27.4. The van der Waals surface area contributed by atoms with E-state index in [1.54, 1.807) is 0 Å². The minimum atomic E-state index is -4.00. The van der Waals surface area contributed by atoms with E-state index in [1.165, 1.54) is 18.2 Å². The Morgan fingerprint density at radius 3 is 2.36 bits per heavy atom. The second-order valence-corrected chi connectivity index (χ2v) is 9.75. The highest BCUT2D eigenvalue weighted by Gasteiger charge is 2.59. The molecule has 3 rings (SSSR count). The van der Waals surface area contributed by atoms with Crippen LogP contribution in [0.15, 0.2) is 18.2 Å². The van der Waals surface area contributed by atoms with Gasteiger partial charge in [0, 0.05) is 28.6 Å². The van der Waals surface area contributed by atoms with Crippen LogP contribution in [0.3, 0.4) is 0 Å². The Morgan fingerprint density at radius 2 is 1.84 bits per heavy atom. The SMILES string of the molecule is CS(=O)(=O)C1(c2ccc(Cl)cc2Cl)CCC(=O)C(C(=O)C2CC2)C1=O. The summed E-state index contributed by atoms with van der Waals surface area (Å²) >= 11 is 12.1. The van der Waals surface area contributed by atoms with Crippen molar-refractivity contribution in [3.05, 3.63) is 33.8 Å². The number of rotatable bonds is 4. The van der Waals surface area contributed by atoms with Crippen LogP contribution in [0.4, 0.5) is 0 Å². The lowest BCUT2D eigenvalue weighted by atomic mass is 9.73. The number of Topliss-reactive ketones (excluding diaryl/α,β-unsaturated/α-hetero) is 3. The molecule has 2 aliphatic carbocycles. The molecule has 2 aliphatic rings. The van der Waals surface area contributed by atoms with Crippen LogP contribution in [0, 0.1) is 11.8 Å². The zero-order valence-corrected chi connectivity index (χ0v) is 15.7. The molecule has 1 aromatic carbocycles. The van der Waals surface area contributed by atoms with Crippen molar-refractivity contribution < 1.29 is 22.8 Å². The van der Waals surface area contributed by atoms with Gasteiger partial charge in [-0.15, -0.1) is 0 Å². The molecule has 0 amide bonds. The summed E-state index contributed by atoms with van der Waals surface area (Å²) in [4.78, 5) is 38.0. The monoisotopic (exact) mass is 402 g/mol. The van der Waals surface area contributed by atoms with E-state index in [0.717, 1.165) is 6.26 Å². The molecule has 5 nitrogen and oxygen atoms in total. The number of carbonyl (C=O) groups is 3. The first-order chi connectivity index (χ1) is 11.6. The number of hydrogen-bond acceptors (Lipinski definition) is 5. The fourth-order valence-electron chi connectivity index (χ4n) is 3.49. The predicted molar refractivity (Wildman–Crippen MR) is 93.5 cm³/mol. The number of ketones is 3. The number of hydrogen-bond donors (Lipinski definition) is 0. The molecule has 25 heavy (non-hydrogen) atoms. The fourth-order valence-corrected chi connectivity index (χ4v) is 5.65. The van der Waals surface area contributed by atoms with Gasteiger partial charge >= 0.3 is 0 Å². The molecule has 0 spiro atoms. The van der Waals surface area contributed by atoms with Crippen molar-refractivity contribution in [3.8, 4) is 0 Å². The van der Waals surface area contributed by atoms with Crippen LogP contribution in [0.5, 0.6) is 0 Å². The molecule has 0 aromatic heterocycles. The predicted octanol–water partition coefficient (Wildman–Crippen LogP) is 2.76. The molecule has 0 radical (unpaired) electrons. The van der Waals surface area contributed by atoms with Gasteiger partial charge in [-0.1, -0.05) is 29.3 Å². The van der Waals surface area contributed by atoms with Crippen molar-refractivity contribution in [2.45, 2.75) is 30.4 Å². The van der Waals surface area contributed by atoms with Crippen molar-refractivity contribution in [1.29, 1.82) is 0 Å². The lowest BCUT2D eigenvalue weighted by Gasteiger charge is -2.37. The summed E-state index contributed by atoms with van der Waals surface area (Å²) in [5.74, 6) is -3.71. The average Bonchev–Trinajstić information content (AvgIpc) is 3.32. The van der Waals surface area contributed by atoms with E-state index in [9.17, 15) is 22.8 Å². The van der Waals surface area contributed by atoms with Crippen LogP contribution in [0.25, 0.3) is 0 Å². The van der Waals surface area contributed by atoms with Gasteiger partial charge in [-0.25, -0.2) is 8.42 Å². The largest absolute Gasteiger partial charge is 0.298 e. The summed E-state index contributed by atoms with van der Waals surface area (Å²) in [6.45, 7) is 0. The first kappa shape index (κ1) is 18.5. The van der Waals surface area contributed by atoms with Crippen LogP contribution >= 0.6 is 23.2 Å². The summed E-state index contributed by atoms with van der Waals surface area (Å²) < 4.78 is 23.4. The maximum absolute atomic E-state index is 13.2. The Hall–Kier alpha value is -1.24. The molecule has 8 heteroatoms. The third-order valence-corrected chi connectivity index (χ3v) is 7.41.